The Morgan fingerprint density at radius 3 is 2.17 bits per heavy atom. The van der Waals surface area contributed by atoms with Crippen molar-refractivity contribution in [3.8, 4) is 5.75 Å². The summed E-state index contributed by atoms with van der Waals surface area (Å²) in [5, 5.41) is 11.4. The van der Waals surface area contributed by atoms with E-state index in [0.717, 1.165) is 30.4 Å². The van der Waals surface area contributed by atoms with Crippen molar-refractivity contribution in [2.75, 3.05) is 0 Å². The van der Waals surface area contributed by atoms with Crippen molar-refractivity contribution >= 4 is 42.9 Å². The largest absolute Gasteiger partial charge is 0.490 e. The number of halogens is 2. The average Bonchev–Trinajstić information content (AvgIpc) is 2.83. The van der Waals surface area contributed by atoms with Gasteiger partial charge in [0.2, 0.25) is 0 Å². The van der Waals surface area contributed by atoms with Crippen LogP contribution in [0.5, 0.6) is 5.75 Å². The smallest absolute Gasteiger partial charge is 0.270 e. The first-order valence-corrected chi connectivity index (χ1v) is 15.9. The molecule has 1 aromatic rings. The molecule has 4 rings (SSSR count). The highest BCUT2D eigenvalue weighted by atomic mass is 35.5. The number of ether oxygens (including phenoxy) is 1. The molecule has 3 aliphatic carbocycles. The van der Waals surface area contributed by atoms with Crippen LogP contribution in [0.1, 0.15) is 103 Å². The van der Waals surface area contributed by atoms with E-state index in [1.165, 1.54) is 70.3 Å². The van der Waals surface area contributed by atoms with E-state index in [9.17, 15) is 10.1 Å². The van der Waals surface area contributed by atoms with Gasteiger partial charge in [-0.25, -0.2) is 0 Å². The molecule has 4 nitrogen and oxygen atoms in total. The van der Waals surface area contributed by atoms with Gasteiger partial charge in [0.25, 0.3) is 5.69 Å². The molecule has 0 N–H and O–H groups in total. The fourth-order valence-electron chi connectivity index (χ4n) is 6.42. The highest BCUT2D eigenvalue weighted by molar-refractivity contribution is 7.63. The molecule has 0 bridgehead atoms. The molecule has 0 saturated heterocycles. The predicted molar refractivity (Wildman–Crippen MR) is 150 cm³/mol. The van der Waals surface area contributed by atoms with Crippen molar-refractivity contribution in [2.45, 2.75) is 125 Å². The second-order valence-corrected chi connectivity index (χ2v) is 15.3. The van der Waals surface area contributed by atoms with Crippen LogP contribution in [0.3, 0.4) is 0 Å². The first-order chi connectivity index (χ1) is 16.8. The number of nitrogens with zero attached hydrogens (tertiary/aromatic N) is 1. The van der Waals surface area contributed by atoms with Crippen LogP contribution in [0.2, 0.25) is 0 Å². The van der Waals surface area contributed by atoms with Gasteiger partial charge < -0.3 is 4.74 Å². The van der Waals surface area contributed by atoms with Gasteiger partial charge in [0, 0.05) is 17.7 Å². The zero-order valence-electron chi connectivity index (χ0n) is 21.2. The topological polar surface area (TPSA) is 52.4 Å². The van der Waals surface area contributed by atoms with Crippen molar-refractivity contribution in [1.29, 1.82) is 0 Å². The maximum absolute atomic E-state index is 11.6. The molecular formula is C28H40Cl2NO3P. The Kier molecular flexibility index (Phi) is 9.44. The maximum Gasteiger partial charge on any atom is 0.270 e. The van der Waals surface area contributed by atoms with Crippen LogP contribution in [0.4, 0.5) is 5.69 Å². The van der Waals surface area contributed by atoms with E-state index in [4.69, 9.17) is 27.9 Å². The molecule has 0 spiro atoms. The third-order valence-corrected chi connectivity index (χ3v) is 13.3. The van der Waals surface area contributed by atoms with E-state index in [2.05, 4.69) is 6.08 Å². The number of benzene rings is 1. The lowest BCUT2D eigenvalue weighted by Gasteiger charge is -2.51. The van der Waals surface area contributed by atoms with E-state index in [0.29, 0.717) is 17.1 Å². The minimum absolute atomic E-state index is 0.0332. The van der Waals surface area contributed by atoms with E-state index < -0.39 is 12.5 Å². The van der Waals surface area contributed by atoms with Crippen molar-refractivity contribution < 1.29 is 9.66 Å². The van der Waals surface area contributed by atoms with Crippen LogP contribution in [-0.4, -0.2) is 32.3 Å². The van der Waals surface area contributed by atoms with Gasteiger partial charge in [-0.2, -0.15) is 0 Å². The number of allylic oxidation sites excluding steroid dienone is 1. The lowest BCUT2D eigenvalue weighted by atomic mass is 9.91. The minimum atomic E-state index is -0.468. The molecule has 3 fully saturated rings. The molecule has 3 aliphatic rings. The van der Waals surface area contributed by atoms with Gasteiger partial charge in [-0.1, -0.05) is 46.4 Å². The Hall–Kier alpha value is -0.830. The Balaban J connectivity index is 1.81. The van der Waals surface area contributed by atoms with Crippen molar-refractivity contribution in [3.05, 3.63) is 39.4 Å². The molecule has 0 heterocycles. The van der Waals surface area contributed by atoms with Gasteiger partial charge in [0.1, 0.15) is 5.75 Å². The third kappa shape index (κ3) is 6.36. The molecule has 35 heavy (non-hydrogen) atoms. The average molecular weight is 541 g/mol. The molecule has 3 saturated carbocycles. The Morgan fingerprint density at radius 1 is 1.03 bits per heavy atom. The number of non-ortho nitro benzene ring substituents is 1. The van der Waals surface area contributed by atoms with Crippen LogP contribution in [0, 0.1) is 10.1 Å². The lowest BCUT2D eigenvalue weighted by molar-refractivity contribution is -0.384. The highest BCUT2D eigenvalue weighted by Gasteiger charge is 2.50. The second kappa shape index (κ2) is 12.1. The number of nitro groups is 1. The van der Waals surface area contributed by atoms with Crippen LogP contribution in [-0.2, 0) is 0 Å². The van der Waals surface area contributed by atoms with Gasteiger partial charge >= 0.3 is 0 Å². The van der Waals surface area contributed by atoms with Crippen LogP contribution >= 0.6 is 31.1 Å². The molecule has 194 valence electrons. The normalized spacial score (nSPS) is 28.1. The first-order valence-electron chi connectivity index (χ1n) is 13.6. The third-order valence-electron chi connectivity index (χ3n) is 7.97. The fourth-order valence-corrected chi connectivity index (χ4v) is 12.6. The maximum atomic E-state index is 11.6. The Bertz CT molecular complexity index is 893. The summed E-state index contributed by atoms with van der Waals surface area (Å²) in [6.45, 7) is 3.95. The number of nitro benzene ring substituents is 1. The number of alkyl halides is 2. The highest BCUT2D eigenvalue weighted by Crippen LogP contribution is 2.71. The van der Waals surface area contributed by atoms with E-state index in [1.54, 1.807) is 12.1 Å². The molecule has 0 aliphatic heterocycles. The minimum Gasteiger partial charge on any atom is -0.490 e. The summed E-state index contributed by atoms with van der Waals surface area (Å²) < 4.78 is 5.63. The number of hydrogen-bond donors (Lipinski definition) is 0. The summed E-state index contributed by atoms with van der Waals surface area (Å²) in [6, 6.07) is 4.87. The van der Waals surface area contributed by atoms with Crippen LogP contribution in [0.25, 0.3) is 6.08 Å². The Morgan fingerprint density at radius 2 is 1.63 bits per heavy atom. The molecule has 1 aromatic carbocycles. The Labute approximate surface area is 222 Å². The van der Waals surface area contributed by atoms with Gasteiger partial charge in [-0.15, -0.1) is 23.2 Å². The second-order valence-electron chi connectivity index (χ2n) is 10.9. The molecule has 2 atom stereocenters. The molecule has 0 aromatic heterocycles. The van der Waals surface area contributed by atoms with Crippen LogP contribution in [0.15, 0.2) is 23.8 Å². The standard InChI is InChI=1S/C28H40Cl2NO3P/c1-20(2)34-27-16-15-22(31(32)33)18-21(27)19-25-26(29)14-9-17-28(25,30)35(23-10-5-3-6-11-23)24-12-7-4-8-13-24/h15-16,18-20,23-24,26H,3-14,17H2,1-2H3. The van der Waals surface area contributed by atoms with Gasteiger partial charge in [-0.3, -0.25) is 10.1 Å². The van der Waals surface area contributed by atoms with Gasteiger partial charge in [0.05, 0.1) is 21.0 Å². The molecule has 0 radical (unpaired) electrons. The van der Waals surface area contributed by atoms with Crippen LogP contribution < -0.4 is 4.74 Å². The van der Waals surface area contributed by atoms with Crippen molar-refractivity contribution in [1.82, 2.24) is 0 Å². The summed E-state index contributed by atoms with van der Waals surface area (Å²) in [4.78, 5) is 11.2. The number of hydrogen-bond acceptors (Lipinski definition) is 3. The summed E-state index contributed by atoms with van der Waals surface area (Å²) in [5.74, 6) is 0.659. The summed E-state index contributed by atoms with van der Waals surface area (Å²) in [6.07, 6.45) is 18.0. The van der Waals surface area contributed by atoms with E-state index >= 15 is 0 Å². The molecular weight excluding hydrogens is 500 g/mol. The quantitative estimate of drug-likeness (QED) is 0.150. The fraction of sp³-hybridized carbons (Fsp3) is 0.714. The van der Waals surface area contributed by atoms with E-state index in [1.807, 2.05) is 13.8 Å². The molecule has 0 amide bonds. The van der Waals surface area contributed by atoms with E-state index in [-0.39, 0.29) is 22.1 Å². The molecule has 2 unspecified atom stereocenters. The lowest BCUT2D eigenvalue weighted by Crippen LogP contribution is -2.39. The first kappa shape index (κ1) is 27.2. The molecule has 7 heteroatoms. The van der Waals surface area contributed by atoms with Crippen molar-refractivity contribution in [3.63, 3.8) is 0 Å². The predicted octanol–water partition coefficient (Wildman–Crippen LogP) is 9.64. The van der Waals surface area contributed by atoms with Gasteiger partial charge in [0.15, 0.2) is 0 Å². The SMILES string of the molecule is CC(C)Oc1ccc([N+](=O)[O-])cc1C=C1C(Cl)CCCC1(Cl)P(C1CCCCC1)C1CCCCC1. The zero-order valence-corrected chi connectivity index (χ0v) is 23.6. The summed E-state index contributed by atoms with van der Waals surface area (Å²) >= 11 is 15.0. The zero-order chi connectivity index (χ0) is 25.0. The van der Waals surface area contributed by atoms with Crippen molar-refractivity contribution in [2.24, 2.45) is 0 Å². The monoisotopic (exact) mass is 539 g/mol. The van der Waals surface area contributed by atoms with Gasteiger partial charge in [-0.05, 0) is 87.8 Å². The summed E-state index contributed by atoms with van der Waals surface area (Å²) in [5.41, 5.74) is 3.27. The summed E-state index contributed by atoms with van der Waals surface area (Å²) in [7, 11) is -0.468. The number of rotatable bonds is 7.